The minimum Gasteiger partial charge on any atom is -0.493 e. The van der Waals surface area contributed by atoms with Crippen molar-refractivity contribution in [3.05, 3.63) is 64.1 Å². The number of aromatic carboxylic acids is 1. The van der Waals surface area contributed by atoms with E-state index in [0.29, 0.717) is 16.4 Å². The van der Waals surface area contributed by atoms with Gasteiger partial charge in [-0.1, -0.05) is 62.8 Å². The Hall–Kier alpha value is -3.26. The van der Waals surface area contributed by atoms with E-state index in [9.17, 15) is 14.7 Å². The summed E-state index contributed by atoms with van der Waals surface area (Å²) < 4.78 is 11.8. The zero-order chi connectivity index (χ0) is 27.2. The Morgan fingerprint density at radius 3 is 2.49 bits per heavy atom. The van der Waals surface area contributed by atoms with Gasteiger partial charge in [-0.3, -0.25) is 14.7 Å². The van der Waals surface area contributed by atoms with Crippen molar-refractivity contribution in [3.8, 4) is 11.5 Å². The SMILES string of the molecule is COc1cccc(C=C2SC(=NC3CCCCC3)N(C3CCCCC3)C2=O)c1OCc1cccc(C(=O)O)c1. The molecular weight excluding hydrogens is 512 g/mol. The predicted octanol–water partition coefficient (Wildman–Crippen LogP) is 6.91. The molecule has 206 valence electrons. The van der Waals surface area contributed by atoms with Gasteiger partial charge in [-0.15, -0.1) is 0 Å². The topological polar surface area (TPSA) is 88.4 Å². The highest BCUT2D eigenvalue weighted by molar-refractivity contribution is 8.18. The van der Waals surface area contributed by atoms with E-state index in [4.69, 9.17) is 14.5 Å². The van der Waals surface area contributed by atoms with Gasteiger partial charge in [0, 0.05) is 11.6 Å². The van der Waals surface area contributed by atoms with Crippen molar-refractivity contribution in [2.45, 2.75) is 82.9 Å². The van der Waals surface area contributed by atoms with E-state index in [1.807, 2.05) is 35.2 Å². The van der Waals surface area contributed by atoms with E-state index in [1.165, 1.54) is 37.4 Å². The van der Waals surface area contributed by atoms with Crippen LogP contribution in [-0.2, 0) is 11.4 Å². The van der Waals surface area contributed by atoms with Crippen molar-refractivity contribution in [1.29, 1.82) is 0 Å². The summed E-state index contributed by atoms with van der Waals surface area (Å²) in [6.45, 7) is 0.168. The van der Waals surface area contributed by atoms with Gasteiger partial charge in [-0.25, -0.2) is 4.79 Å². The number of methoxy groups -OCH3 is 1. The van der Waals surface area contributed by atoms with E-state index >= 15 is 0 Å². The van der Waals surface area contributed by atoms with Gasteiger partial charge in [0.15, 0.2) is 16.7 Å². The molecule has 1 amide bonds. The average Bonchev–Trinajstić information content (AvgIpc) is 3.27. The number of rotatable bonds is 8. The molecule has 3 aliphatic rings. The molecule has 0 unspecified atom stereocenters. The van der Waals surface area contributed by atoms with Crippen LogP contribution in [0.1, 0.15) is 85.7 Å². The summed E-state index contributed by atoms with van der Waals surface area (Å²) in [5, 5.41) is 10.2. The number of hydrogen-bond donors (Lipinski definition) is 1. The zero-order valence-electron chi connectivity index (χ0n) is 22.4. The number of ether oxygens (including phenoxy) is 2. The summed E-state index contributed by atoms with van der Waals surface area (Å²) >= 11 is 1.48. The number of aliphatic imine (C=N–C) groups is 1. The second-order valence-electron chi connectivity index (χ2n) is 10.5. The van der Waals surface area contributed by atoms with Crippen LogP contribution in [-0.4, -0.2) is 46.2 Å². The second kappa shape index (κ2) is 12.7. The Labute approximate surface area is 234 Å². The minimum absolute atomic E-state index is 0.0180. The highest BCUT2D eigenvalue weighted by atomic mass is 32.2. The fourth-order valence-electron chi connectivity index (χ4n) is 5.66. The van der Waals surface area contributed by atoms with Crippen molar-refractivity contribution < 1.29 is 24.2 Å². The zero-order valence-corrected chi connectivity index (χ0v) is 23.3. The molecule has 0 atom stereocenters. The third-order valence-corrected chi connectivity index (χ3v) is 8.71. The molecule has 1 saturated heterocycles. The van der Waals surface area contributed by atoms with Gasteiger partial charge in [0.2, 0.25) is 0 Å². The van der Waals surface area contributed by atoms with E-state index in [2.05, 4.69) is 0 Å². The number of carboxylic acids is 1. The van der Waals surface area contributed by atoms with Crippen LogP contribution in [0.3, 0.4) is 0 Å². The van der Waals surface area contributed by atoms with Gasteiger partial charge < -0.3 is 14.6 Å². The molecule has 2 aromatic rings. The maximum atomic E-state index is 13.8. The lowest BCUT2D eigenvalue weighted by atomic mass is 9.94. The molecule has 1 N–H and O–H groups in total. The molecule has 0 aromatic heterocycles. The van der Waals surface area contributed by atoms with Gasteiger partial charge in [-0.2, -0.15) is 0 Å². The highest BCUT2D eigenvalue weighted by Gasteiger charge is 2.39. The van der Waals surface area contributed by atoms with Gasteiger partial charge in [-0.05, 0) is 67.3 Å². The quantitative estimate of drug-likeness (QED) is 0.361. The van der Waals surface area contributed by atoms with Crippen LogP contribution >= 0.6 is 11.8 Å². The molecule has 1 heterocycles. The van der Waals surface area contributed by atoms with Crippen molar-refractivity contribution in [1.82, 2.24) is 4.90 Å². The first kappa shape index (κ1) is 27.3. The second-order valence-corrected chi connectivity index (χ2v) is 11.5. The number of nitrogens with zero attached hydrogens (tertiary/aromatic N) is 2. The third-order valence-electron chi connectivity index (χ3n) is 7.72. The van der Waals surface area contributed by atoms with Gasteiger partial charge in [0.25, 0.3) is 5.91 Å². The Balaban J connectivity index is 1.44. The summed E-state index contributed by atoms with van der Waals surface area (Å²) in [5.41, 5.74) is 1.68. The van der Waals surface area contributed by atoms with Crippen LogP contribution in [0.5, 0.6) is 11.5 Å². The maximum Gasteiger partial charge on any atom is 0.335 e. The number of carbonyl (C=O) groups is 2. The fraction of sp³-hybridized carbons (Fsp3) is 0.452. The molecule has 2 aromatic carbocycles. The van der Waals surface area contributed by atoms with E-state index in [1.54, 1.807) is 25.3 Å². The fourth-order valence-corrected chi connectivity index (χ4v) is 6.76. The summed E-state index contributed by atoms with van der Waals surface area (Å²) in [4.78, 5) is 33.0. The first-order valence-electron chi connectivity index (χ1n) is 14.0. The number of hydrogen-bond acceptors (Lipinski definition) is 6. The molecule has 0 spiro atoms. The van der Waals surface area contributed by atoms with Gasteiger partial charge in [0.05, 0.1) is 23.6 Å². The Bertz CT molecular complexity index is 1260. The van der Waals surface area contributed by atoms with Crippen LogP contribution in [0.15, 0.2) is 52.4 Å². The Morgan fingerprint density at radius 1 is 1.05 bits per heavy atom. The van der Waals surface area contributed by atoms with Crippen molar-refractivity contribution in [2.75, 3.05) is 7.11 Å². The summed E-state index contributed by atoms with van der Waals surface area (Å²) in [5.74, 6) is 0.104. The lowest BCUT2D eigenvalue weighted by molar-refractivity contribution is -0.124. The number of amidine groups is 1. The van der Waals surface area contributed by atoms with E-state index in [0.717, 1.165) is 54.8 Å². The Kier molecular flexibility index (Phi) is 8.91. The Morgan fingerprint density at radius 2 is 1.77 bits per heavy atom. The molecule has 0 bridgehead atoms. The van der Waals surface area contributed by atoms with Gasteiger partial charge in [0.1, 0.15) is 6.61 Å². The van der Waals surface area contributed by atoms with Crippen LogP contribution < -0.4 is 9.47 Å². The molecule has 1 aliphatic heterocycles. The van der Waals surface area contributed by atoms with Crippen molar-refractivity contribution >= 4 is 34.9 Å². The first-order chi connectivity index (χ1) is 19.0. The van der Waals surface area contributed by atoms with Crippen LogP contribution in [0, 0.1) is 0 Å². The largest absolute Gasteiger partial charge is 0.493 e. The lowest BCUT2D eigenvalue weighted by Gasteiger charge is -2.31. The normalized spacial score (nSPS) is 21.1. The molecule has 2 saturated carbocycles. The predicted molar refractivity (Wildman–Crippen MR) is 154 cm³/mol. The molecule has 0 radical (unpaired) electrons. The minimum atomic E-state index is -0.982. The molecule has 2 aliphatic carbocycles. The summed E-state index contributed by atoms with van der Waals surface area (Å²) in [6, 6.07) is 12.8. The molecule has 5 rings (SSSR count). The first-order valence-corrected chi connectivity index (χ1v) is 14.8. The number of benzene rings is 2. The molecule has 7 nitrogen and oxygen atoms in total. The molecule has 8 heteroatoms. The number of carboxylic acid groups (broad SMARTS) is 1. The van der Waals surface area contributed by atoms with Gasteiger partial charge >= 0.3 is 5.97 Å². The number of amides is 1. The number of para-hydroxylation sites is 1. The molecule has 3 fully saturated rings. The highest BCUT2D eigenvalue weighted by Crippen LogP contribution is 2.41. The van der Waals surface area contributed by atoms with E-state index in [-0.39, 0.29) is 30.2 Å². The lowest BCUT2D eigenvalue weighted by Crippen LogP contribution is -2.41. The van der Waals surface area contributed by atoms with Crippen molar-refractivity contribution in [3.63, 3.8) is 0 Å². The summed E-state index contributed by atoms with van der Waals surface area (Å²) in [7, 11) is 1.58. The average molecular weight is 549 g/mol. The third kappa shape index (κ3) is 6.49. The standard InChI is InChI=1S/C31H36N2O5S/c1-37-26-17-9-11-22(28(26)38-20-21-10-8-12-23(18-21)30(35)36)19-27-29(34)33(25-15-6-3-7-16-25)31(39-27)32-24-13-4-2-5-14-24/h8-12,17-19,24-25H,2-7,13-16,20H2,1H3,(H,35,36). The summed E-state index contributed by atoms with van der Waals surface area (Å²) in [6.07, 6.45) is 13.3. The van der Waals surface area contributed by atoms with Crippen molar-refractivity contribution in [2.24, 2.45) is 4.99 Å². The van der Waals surface area contributed by atoms with E-state index < -0.39 is 5.97 Å². The smallest absolute Gasteiger partial charge is 0.335 e. The number of carbonyl (C=O) groups excluding carboxylic acids is 1. The molecular formula is C31H36N2O5S. The number of thioether (sulfide) groups is 1. The monoisotopic (exact) mass is 548 g/mol. The van der Waals surface area contributed by atoms with Crippen LogP contribution in [0.4, 0.5) is 0 Å². The molecule has 39 heavy (non-hydrogen) atoms. The van der Waals surface area contributed by atoms with Crippen LogP contribution in [0.2, 0.25) is 0 Å². The van der Waals surface area contributed by atoms with Crippen LogP contribution in [0.25, 0.3) is 6.08 Å². The maximum absolute atomic E-state index is 13.8.